The van der Waals surface area contributed by atoms with Crippen molar-refractivity contribution < 1.29 is 9.59 Å². The van der Waals surface area contributed by atoms with Crippen LogP contribution in [0.2, 0.25) is 0 Å². The average molecular weight is 375 g/mol. The smallest absolute Gasteiger partial charge is 0.241 e. The quantitative estimate of drug-likeness (QED) is 0.731. The fraction of sp³-hybridized carbons (Fsp3) is 0.619. The molecule has 1 aliphatic rings. The largest absolute Gasteiger partial charge is 0.340 e. The zero-order chi connectivity index (χ0) is 19.8. The molecule has 1 saturated heterocycles. The van der Waals surface area contributed by atoms with Gasteiger partial charge in [0.2, 0.25) is 11.8 Å². The van der Waals surface area contributed by atoms with Crippen LogP contribution in [0.5, 0.6) is 0 Å². The van der Waals surface area contributed by atoms with Gasteiger partial charge in [0.1, 0.15) is 0 Å². The molecule has 0 spiro atoms. The molecule has 1 heterocycles. The van der Waals surface area contributed by atoms with Crippen molar-refractivity contribution in [1.82, 2.24) is 15.1 Å². The summed E-state index contributed by atoms with van der Waals surface area (Å²) in [6.45, 7) is 9.62. The maximum Gasteiger partial charge on any atom is 0.241 e. The number of hydrogen-bond donors (Lipinski definition) is 2. The van der Waals surface area contributed by atoms with Gasteiger partial charge in [-0.2, -0.15) is 0 Å². The standard InChI is InChI=1S/C21H34N4O2/c1-5-6-19(22-16(2)3)21(27)23-18-9-7-17(8-10-18)15-20(26)25-13-11-24(4)12-14-25/h7-10,16,19,22H,5-6,11-15H2,1-4H3,(H,23,27). The summed E-state index contributed by atoms with van der Waals surface area (Å²) in [7, 11) is 2.08. The molecule has 0 aromatic heterocycles. The minimum absolute atomic E-state index is 0.00758. The summed E-state index contributed by atoms with van der Waals surface area (Å²) in [4.78, 5) is 29.1. The molecule has 2 amide bonds. The summed E-state index contributed by atoms with van der Waals surface area (Å²) in [5.74, 6) is 0.163. The fourth-order valence-electron chi connectivity index (χ4n) is 3.26. The number of carbonyl (C=O) groups excluding carboxylic acids is 2. The number of benzene rings is 1. The van der Waals surface area contributed by atoms with Crippen molar-refractivity contribution in [3.63, 3.8) is 0 Å². The van der Waals surface area contributed by atoms with Crippen molar-refractivity contribution >= 4 is 17.5 Å². The second-order valence-electron chi connectivity index (χ2n) is 7.71. The number of rotatable bonds is 8. The zero-order valence-electron chi connectivity index (χ0n) is 17.1. The van der Waals surface area contributed by atoms with Crippen molar-refractivity contribution in [2.75, 3.05) is 38.5 Å². The topological polar surface area (TPSA) is 64.7 Å². The Kier molecular flexibility index (Phi) is 8.25. The van der Waals surface area contributed by atoms with Gasteiger partial charge >= 0.3 is 0 Å². The molecule has 27 heavy (non-hydrogen) atoms. The van der Waals surface area contributed by atoms with Crippen LogP contribution >= 0.6 is 0 Å². The highest BCUT2D eigenvalue weighted by Gasteiger charge is 2.20. The van der Waals surface area contributed by atoms with Gasteiger partial charge in [-0.1, -0.05) is 39.3 Å². The molecule has 1 atom stereocenters. The number of nitrogens with zero attached hydrogens (tertiary/aromatic N) is 2. The Hall–Kier alpha value is -1.92. The highest BCUT2D eigenvalue weighted by molar-refractivity contribution is 5.94. The summed E-state index contributed by atoms with van der Waals surface area (Å²) in [6, 6.07) is 7.68. The average Bonchev–Trinajstić information content (AvgIpc) is 2.63. The van der Waals surface area contributed by atoms with Crippen LogP contribution < -0.4 is 10.6 Å². The van der Waals surface area contributed by atoms with Crippen LogP contribution in [0, 0.1) is 0 Å². The first kappa shape index (κ1) is 21.4. The Morgan fingerprint density at radius 2 is 1.70 bits per heavy atom. The van der Waals surface area contributed by atoms with E-state index in [1.807, 2.05) is 43.0 Å². The number of amides is 2. The molecular weight excluding hydrogens is 340 g/mol. The molecule has 0 bridgehead atoms. The molecule has 0 radical (unpaired) electrons. The first-order valence-electron chi connectivity index (χ1n) is 10.0. The molecule has 0 saturated carbocycles. The van der Waals surface area contributed by atoms with Crippen LogP contribution in [0.25, 0.3) is 0 Å². The van der Waals surface area contributed by atoms with E-state index in [-0.39, 0.29) is 23.9 Å². The third kappa shape index (κ3) is 6.96. The van der Waals surface area contributed by atoms with Crippen molar-refractivity contribution in [1.29, 1.82) is 0 Å². The van der Waals surface area contributed by atoms with E-state index in [0.29, 0.717) is 6.42 Å². The lowest BCUT2D eigenvalue weighted by atomic mass is 10.1. The summed E-state index contributed by atoms with van der Waals surface area (Å²) in [5.41, 5.74) is 1.74. The Labute approximate surface area is 163 Å². The van der Waals surface area contributed by atoms with Gasteiger partial charge in [-0.15, -0.1) is 0 Å². The highest BCUT2D eigenvalue weighted by atomic mass is 16.2. The minimum Gasteiger partial charge on any atom is -0.340 e. The first-order valence-corrected chi connectivity index (χ1v) is 10.0. The van der Waals surface area contributed by atoms with Gasteiger partial charge in [0.25, 0.3) is 0 Å². The van der Waals surface area contributed by atoms with E-state index in [4.69, 9.17) is 0 Å². The van der Waals surface area contributed by atoms with Crippen LogP contribution in [-0.4, -0.2) is 66.9 Å². The Bertz CT molecular complexity index is 607. The molecule has 150 valence electrons. The summed E-state index contributed by atoms with van der Waals surface area (Å²) < 4.78 is 0. The van der Waals surface area contributed by atoms with Crippen molar-refractivity contribution in [3.8, 4) is 0 Å². The molecule has 1 aromatic rings. The third-order valence-corrected chi connectivity index (χ3v) is 4.86. The van der Waals surface area contributed by atoms with Crippen molar-refractivity contribution in [3.05, 3.63) is 29.8 Å². The predicted octanol–water partition coefficient (Wildman–Crippen LogP) is 2.11. The van der Waals surface area contributed by atoms with E-state index in [1.54, 1.807) is 0 Å². The Morgan fingerprint density at radius 1 is 1.07 bits per heavy atom. The highest BCUT2D eigenvalue weighted by Crippen LogP contribution is 2.13. The number of piperazine rings is 1. The van der Waals surface area contributed by atoms with Crippen LogP contribution in [0.15, 0.2) is 24.3 Å². The van der Waals surface area contributed by atoms with Gasteiger partial charge in [-0.05, 0) is 31.2 Å². The lowest BCUT2D eigenvalue weighted by molar-refractivity contribution is -0.132. The SMILES string of the molecule is CCCC(NC(C)C)C(=O)Nc1ccc(CC(=O)N2CCN(C)CC2)cc1. The maximum atomic E-state index is 12.5. The molecule has 1 aromatic carbocycles. The van der Waals surface area contributed by atoms with Crippen LogP contribution in [0.3, 0.4) is 0 Å². The van der Waals surface area contributed by atoms with Crippen LogP contribution in [0.1, 0.15) is 39.2 Å². The van der Waals surface area contributed by atoms with E-state index in [9.17, 15) is 9.59 Å². The van der Waals surface area contributed by atoms with Crippen molar-refractivity contribution in [2.45, 2.75) is 52.1 Å². The molecule has 0 aliphatic carbocycles. The second-order valence-corrected chi connectivity index (χ2v) is 7.71. The number of anilines is 1. The first-order chi connectivity index (χ1) is 12.9. The van der Waals surface area contributed by atoms with Gasteiger partial charge < -0.3 is 20.4 Å². The van der Waals surface area contributed by atoms with E-state index in [1.165, 1.54) is 0 Å². The van der Waals surface area contributed by atoms with E-state index < -0.39 is 0 Å². The molecule has 2 N–H and O–H groups in total. The van der Waals surface area contributed by atoms with Crippen LogP contribution in [0.4, 0.5) is 5.69 Å². The third-order valence-electron chi connectivity index (χ3n) is 4.86. The Balaban J connectivity index is 1.88. The molecule has 6 heteroatoms. The maximum absolute atomic E-state index is 12.5. The number of likely N-dealkylation sites (N-methyl/N-ethyl adjacent to an activating group) is 1. The van der Waals surface area contributed by atoms with Gasteiger partial charge in [-0.3, -0.25) is 9.59 Å². The monoisotopic (exact) mass is 374 g/mol. The molecule has 1 aliphatic heterocycles. The molecule has 1 fully saturated rings. The summed E-state index contributed by atoms with van der Waals surface area (Å²) >= 11 is 0. The van der Waals surface area contributed by atoms with Crippen molar-refractivity contribution in [2.24, 2.45) is 0 Å². The lowest BCUT2D eigenvalue weighted by Crippen LogP contribution is -2.47. The fourth-order valence-corrected chi connectivity index (χ4v) is 3.26. The summed E-state index contributed by atoms with van der Waals surface area (Å²) in [5, 5.41) is 6.29. The second kappa shape index (κ2) is 10.4. The number of carbonyl (C=O) groups is 2. The van der Waals surface area contributed by atoms with Gasteiger partial charge in [0.05, 0.1) is 12.5 Å². The number of hydrogen-bond acceptors (Lipinski definition) is 4. The van der Waals surface area contributed by atoms with E-state index in [2.05, 4.69) is 29.5 Å². The van der Waals surface area contributed by atoms with Gasteiger partial charge in [0.15, 0.2) is 0 Å². The molecule has 2 rings (SSSR count). The normalized spacial score (nSPS) is 16.4. The lowest BCUT2D eigenvalue weighted by Gasteiger charge is -2.32. The predicted molar refractivity (Wildman–Crippen MR) is 110 cm³/mol. The van der Waals surface area contributed by atoms with E-state index >= 15 is 0 Å². The van der Waals surface area contributed by atoms with E-state index in [0.717, 1.165) is 50.3 Å². The summed E-state index contributed by atoms with van der Waals surface area (Å²) in [6.07, 6.45) is 2.16. The zero-order valence-corrected chi connectivity index (χ0v) is 17.1. The minimum atomic E-state index is -0.187. The van der Waals surface area contributed by atoms with Gasteiger partial charge in [-0.25, -0.2) is 0 Å². The number of nitrogens with one attached hydrogen (secondary N) is 2. The van der Waals surface area contributed by atoms with Crippen LogP contribution in [-0.2, 0) is 16.0 Å². The molecular formula is C21H34N4O2. The Morgan fingerprint density at radius 3 is 2.26 bits per heavy atom. The molecule has 6 nitrogen and oxygen atoms in total. The molecule has 1 unspecified atom stereocenters. The van der Waals surface area contributed by atoms with Gasteiger partial charge in [0, 0.05) is 37.9 Å².